The van der Waals surface area contributed by atoms with Crippen LogP contribution in [0.25, 0.3) is 22.3 Å². The Morgan fingerprint density at radius 3 is 2.50 bits per heavy atom. The lowest BCUT2D eigenvalue weighted by Gasteiger charge is -2.13. The Balaban J connectivity index is 1.81. The maximum absolute atomic E-state index is 13.2. The molecule has 1 heterocycles. The van der Waals surface area contributed by atoms with Crippen molar-refractivity contribution >= 4 is 28.3 Å². The summed E-state index contributed by atoms with van der Waals surface area (Å²) in [5.41, 5.74) is 2.24. The van der Waals surface area contributed by atoms with Crippen LogP contribution in [0.3, 0.4) is 0 Å². The molecule has 3 aromatic carbocycles. The lowest BCUT2D eigenvalue weighted by molar-refractivity contribution is -0.384. The van der Waals surface area contributed by atoms with Gasteiger partial charge < -0.3 is 9.15 Å². The quantitative estimate of drug-likeness (QED) is 0.295. The predicted molar refractivity (Wildman–Crippen MR) is 115 cm³/mol. The van der Waals surface area contributed by atoms with Crippen LogP contribution in [0, 0.1) is 17.0 Å². The summed E-state index contributed by atoms with van der Waals surface area (Å²) < 4.78 is 11.9. The maximum atomic E-state index is 13.2. The van der Waals surface area contributed by atoms with Crippen LogP contribution in [0.5, 0.6) is 5.75 Å². The SMILES string of the molecule is Cc1ccc2oc(-c3ccccc3Cl)c(OCc3ccc([N+](=O)[O-])cc3)c(=O)c2c1. The summed E-state index contributed by atoms with van der Waals surface area (Å²) in [5.74, 6) is 0.281. The first-order valence-electron chi connectivity index (χ1n) is 9.12. The molecule has 0 amide bonds. The summed E-state index contributed by atoms with van der Waals surface area (Å²) in [5, 5.41) is 11.7. The molecule has 0 saturated carbocycles. The van der Waals surface area contributed by atoms with Gasteiger partial charge in [0.25, 0.3) is 5.69 Å². The molecule has 0 bridgehead atoms. The van der Waals surface area contributed by atoms with Crippen molar-refractivity contribution in [2.24, 2.45) is 0 Å². The Bertz CT molecular complexity index is 1310. The fraction of sp³-hybridized carbons (Fsp3) is 0.0870. The number of ether oxygens (including phenoxy) is 1. The molecule has 7 heteroatoms. The number of nitro groups is 1. The van der Waals surface area contributed by atoms with Crippen LogP contribution in [0.4, 0.5) is 5.69 Å². The molecule has 0 saturated heterocycles. The number of rotatable bonds is 5. The second-order valence-electron chi connectivity index (χ2n) is 6.78. The van der Waals surface area contributed by atoms with Crippen molar-refractivity contribution in [2.45, 2.75) is 13.5 Å². The van der Waals surface area contributed by atoms with Gasteiger partial charge in [-0.2, -0.15) is 0 Å². The molecular formula is C23H16ClNO5. The monoisotopic (exact) mass is 421 g/mol. The Hall–Kier alpha value is -3.64. The Kier molecular flexibility index (Phi) is 5.25. The highest BCUT2D eigenvalue weighted by molar-refractivity contribution is 6.33. The van der Waals surface area contributed by atoms with E-state index in [-0.39, 0.29) is 29.2 Å². The van der Waals surface area contributed by atoms with Crippen molar-refractivity contribution in [3.8, 4) is 17.1 Å². The van der Waals surface area contributed by atoms with Crippen molar-refractivity contribution in [1.29, 1.82) is 0 Å². The molecule has 0 aliphatic rings. The zero-order valence-corrected chi connectivity index (χ0v) is 16.7. The van der Waals surface area contributed by atoms with Crippen LogP contribution < -0.4 is 10.2 Å². The fourth-order valence-corrected chi connectivity index (χ4v) is 3.34. The highest BCUT2D eigenvalue weighted by atomic mass is 35.5. The number of benzene rings is 3. The number of nitrogens with zero attached hydrogens (tertiary/aromatic N) is 1. The third-order valence-electron chi connectivity index (χ3n) is 4.65. The van der Waals surface area contributed by atoms with Crippen LogP contribution in [0.1, 0.15) is 11.1 Å². The van der Waals surface area contributed by atoms with Gasteiger partial charge in [0.15, 0.2) is 5.76 Å². The lowest BCUT2D eigenvalue weighted by Crippen LogP contribution is -2.10. The molecular weight excluding hydrogens is 406 g/mol. The van der Waals surface area contributed by atoms with E-state index in [1.807, 2.05) is 13.0 Å². The Morgan fingerprint density at radius 2 is 1.80 bits per heavy atom. The minimum atomic E-state index is -0.472. The smallest absolute Gasteiger partial charge is 0.269 e. The minimum Gasteiger partial charge on any atom is -0.481 e. The summed E-state index contributed by atoms with van der Waals surface area (Å²) in [6.45, 7) is 1.93. The van der Waals surface area contributed by atoms with E-state index in [0.29, 0.717) is 27.1 Å². The number of nitro benzene ring substituents is 1. The van der Waals surface area contributed by atoms with Crippen molar-refractivity contribution in [3.05, 3.63) is 103 Å². The van der Waals surface area contributed by atoms with Gasteiger partial charge in [-0.1, -0.05) is 35.4 Å². The minimum absolute atomic E-state index is 0.0174. The fourth-order valence-electron chi connectivity index (χ4n) is 3.12. The molecule has 0 atom stereocenters. The van der Waals surface area contributed by atoms with Gasteiger partial charge in [0, 0.05) is 17.7 Å². The normalized spacial score (nSPS) is 10.9. The van der Waals surface area contributed by atoms with E-state index in [1.165, 1.54) is 12.1 Å². The second-order valence-corrected chi connectivity index (χ2v) is 7.19. The van der Waals surface area contributed by atoms with Crippen molar-refractivity contribution < 1.29 is 14.1 Å². The Labute approximate surface area is 176 Å². The molecule has 0 N–H and O–H groups in total. The predicted octanol–water partition coefficient (Wildman–Crippen LogP) is 5.91. The van der Waals surface area contributed by atoms with Gasteiger partial charge in [-0.15, -0.1) is 0 Å². The summed E-state index contributed by atoms with van der Waals surface area (Å²) in [7, 11) is 0. The molecule has 0 aliphatic carbocycles. The molecule has 0 unspecified atom stereocenters. The lowest BCUT2D eigenvalue weighted by atomic mass is 10.1. The zero-order chi connectivity index (χ0) is 21.3. The van der Waals surface area contributed by atoms with Crippen LogP contribution in [-0.4, -0.2) is 4.92 Å². The molecule has 0 fully saturated rings. The van der Waals surface area contributed by atoms with Gasteiger partial charge in [-0.05, 0) is 48.9 Å². The summed E-state index contributed by atoms with van der Waals surface area (Å²) in [6, 6.07) is 18.3. The Morgan fingerprint density at radius 1 is 1.07 bits per heavy atom. The van der Waals surface area contributed by atoms with Gasteiger partial charge in [0.2, 0.25) is 11.2 Å². The van der Waals surface area contributed by atoms with Gasteiger partial charge in [0.1, 0.15) is 12.2 Å². The van der Waals surface area contributed by atoms with Crippen LogP contribution >= 0.6 is 11.6 Å². The molecule has 0 aliphatic heterocycles. The molecule has 0 radical (unpaired) electrons. The van der Waals surface area contributed by atoms with Crippen LogP contribution in [0.15, 0.2) is 75.9 Å². The second kappa shape index (κ2) is 8.00. The first-order valence-corrected chi connectivity index (χ1v) is 9.50. The number of hydrogen-bond donors (Lipinski definition) is 0. The standard InChI is InChI=1S/C23H16ClNO5/c1-14-6-11-20-18(12-14)21(26)23(22(30-20)17-4-2-3-5-19(17)24)29-13-15-7-9-16(10-8-15)25(27)28/h2-12H,13H2,1H3. The average molecular weight is 422 g/mol. The van der Waals surface area contributed by atoms with Gasteiger partial charge in [-0.25, -0.2) is 0 Å². The molecule has 4 rings (SSSR count). The van der Waals surface area contributed by atoms with Crippen molar-refractivity contribution in [1.82, 2.24) is 0 Å². The summed E-state index contributed by atoms with van der Waals surface area (Å²) in [4.78, 5) is 23.6. The molecule has 4 aromatic rings. The van der Waals surface area contributed by atoms with E-state index in [9.17, 15) is 14.9 Å². The number of fused-ring (bicyclic) bond motifs is 1. The maximum Gasteiger partial charge on any atom is 0.269 e. The highest BCUT2D eigenvalue weighted by Crippen LogP contribution is 2.35. The summed E-state index contributed by atoms with van der Waals surface area (Å²) >= 11 is 6.34. The number of aryl methyl sites for hydroxylation is 1. The molecule has 30 heavy (non-hydrogen) atoms. The van der Waals surface area contributed by atoms with E-state index < -0.39 is 4.92 Å². The van der Waals surface area contributed by atoms with Crippen molar-refractivity contribution in [3.63, 3.8) is 0 Å². The van der Waals surface area contributed by atoms with Crippen molar-refractivity contribution in [2.75, 3.05) is 0 Å². The topological polar surface area (TPSA) is 82.6 Å². The third-order valence-corrected chi connectivity index (χ3v) is 4.98. The molecule has 150 valence electrons. The average Bonchev–Trinajstić information content (AvgIpc) is 2.74. The first-order chi connectivity index (χ1) is 14.4. The third kappa shape index (κ3) is 3.77. The molecule has 6 nitrogen and oxygen atoms in total. The van der Waals surface area contributed by atoms with E-state index in [2.05, 4.69) is 0 Å². The van der Waals surface area contributed by atoms with E-state index >= 15 is 0 Å². The number of hydrogen-bond acceptors (Lipinski definition) is 5. The van der Waals surface area contributed by atoms with Gasteiger partial charge in [0.05, 0.1) is 15.3 Å². The highest BCUT2D eigenvalue weighted by Gasteiger charge is 2.20. The van der Waals surface area contributed by atoms with E-state index in [1.54, 1.807) is 48.5 Å². The number of halogens is 1. The summed E-state index contributed by atoms with van der Waals surface area (Å²) in [6.07, 6.45) is 0. The number of non-ortho nitro benzene ring substituents is 1. The van der Waals surface area contributed by atoms with Crippen LogP contribution in [-0.2, 0) is 6.61 Å². The first kappa shape index (κ1) is 19.7. The van der Waals surface area contributed by atoms with E-state index in [0.717, 1.165) is 5.56 Å². The molecule has 1 aromatic heterocycles. The largest absolute Gasteiger partial charge is 0.481 e. The van der Waals surface area contributed by atoms with Gasteiger partial charge in [-0.3, -0.25) is 14.9 Å². The zero-order valence-electron chi connectivity index (χ0n) is 15.9. The van der Waals surface area contributed by atoms with Gasteiger partial charge >= 0.3 is 0 Å². The van der Waals surface area contributed by atoms with Crippen LogP contribution in [0.2, 0.25) is 5.02 Å². The van der Waals surface area contributed by atoms with E-state index in [4.69, 9.17) is 20.8 Å². The molecule has 0 spiro atoms.